The highest BCUT2D eigenvalue weighted by atomic mass is 14.2. The molecule has 0 unspecified atom stereocenters. The normalized spacial score (nSPS) is 14.4. The third kappa shape index (κ3) is 1.72. The third-order valence-corrected chi connectivity index (χ3v) is 1.51. The van der Waals surface area contributed by atoms with Crippen LogP contribution in [0.3, 0.4) is 0 Å². The lowest BCUT2D eigenvalue weighted by Gasteiger charge is -2.02. The van der Waals surface area contributed by atoms with E-state index in [0.717, 1.165) is 5.57 Å². The van der Waals surface area contributed by atoms with Gasteiger partial charge in [0, 0.05) is 5.57 Å². The average molecular weight is 143 g/mol. The van der Waals surface area contributed by atoms with E-state index in [0.29, 0.717) is 11.5 Å². The second-order valence-electron chi connectivity index (χ2n) is 2.72. The Morgan fingerprint density at radius 1 is 1.36 bits per heavy atom. The van der Waals surface area contributed by atoms with Crippen LogP contribution >= 0.6 is 0 Å². The van der Waals surface area contributed by atoms with Crippen LogP contribution in [0.4, 0.5) is 0 Å². The van der Waals surface area contributed by atoms with Crippen molar-refractivity contribution in [3.8, 4) is 6.07 Å². The first-order valence-corrected chi connectivity index (χ1v) is 3.58. The topological polar surface area (TPSA) is 23.8 Å². The predicted molar refractivity (Wildman–Crippen MR) is 43.6 cm³/mol. The molecule has 1 rings (SSSR count). The van der Waals surface area contributed by atoms with Gasteiger partial charge in [-0.15, -0.1) is 0 Å². The van der Waals surface area contributed by atoms with Crippen molar-refractivity contribution in [2.75, 3.05) is 0 Å². The molecule has 0 aromatic carbocycles. The van der Waals surface area contributed by atoms with Crippen LogP contribution in [-0.4, -0.2) is 0 Å². The second-order valence-corrected chi connectivity index (χ2v) is 2.72. The lowest BCUT2D eigenvalue weighted by molar-refractivity contribution is 0.793. The molecule has 1 aliphatic rings. The molecular formula is C10H9N. The summed E-state index contributed by atoms with van der Waals surface area (Å²) in [6, 6.07) is 2.01. The Hall–Kier alpha value is -1.47. The first kappa shape index (κ1) is 7.63. The summed E-state index contributed by atoms with van der Waals surface area (Å²) in [7, 11) is 0. The van der Waals surface area contributed by atoms with Gasteiger partial charge in [-0.05, 0) is 18.1 Å². The minimum absolute atomic E-state index is 0.457. The van der Waals surface area contributed by atoms with Crippen molar-refractivity contribution in [3.05, 3.63) is 34.8 Å². The molecule has 0 amide bonds. The van der Waals surface area contributed by atoms with E-state index in [1.165, 1.54) is 0 Å². The van der Waals surface area contributed by atoms with Gasteiger partial charge in [-0.2, -0.15) is 5.26 Å². The molecule has 0 aromatic rings. The van der Waals surface area contributed by atoms with Gasteiger partial charge in [0.15, 0.2) is 0 Å². The first-order chi connectivity index (χ1) is 5.24. The first-order valence-electron chi connectivity index (χ1n) is 3.58. The second kappa shape index (κ2) is 3.08. The van der Waals surface area contributed by atoms with Gasteiger partial charge >= 0.3 is 0 Å². The summed E-state index contributed by atoms with van der Waals surface area (Å²) < 4.78 is 0. The van der Waals surface area contributed by atoms with Crippen LogP contribution in [0.15, 0.2) is 34.8 Å². The molecule has 11 heavy (non-hydrogen) atoms. The van der Waals surface area contributed by atoms with Crippen LogP contribution < -0.4 is 0 Å². The minimum atomic E-state index is 0.457. The SMILES string of the molecule is CC(C)C1=C=C=C(C#N)C=C1. The molecule has 0 aliphatic heterocycles. The highest BCUT2D eigenvalue weighted by Crippen LogP contribution is 2.12. The summed E-state index contributed by atoms with van der Waals surface area (Å²) in [5.74, 6) is 0.457. The molecule has 54 valence electrons. The fourth-order valence-corrected chi connectivity index (χ4v) is 0.798. The predicted octanol–water partition coefficient (Wildman–Crippen LogP) is 2.34. The van der Waals surface area contributed by atoms with Crippen LogP contribution in [0, 0.1) is 17.2 Å². The van der Waals surface area contributed by atoms with E-state index < -0.39 is 0 Å². The largest absolute Gasteiger partial charge is 0.192 e. The Bertz CT molecular complexity index is 324. The summed E-state index contributed by atoms with van der Waals surface area (Å²) in [4.78, 5) is 0. The average Bonchev–Trinajstić information content (AvgIpc) is 2.05. The number of hydrogen-bond donors (Lipinski definition) is 0. The molecule has 0 atom stereocenters. The monoisotopic (exact) mass is 143 g/mol. The Morgan fingerprint density at radius 2 is 2.09 bits per heavy atom. The van der Waals surface area contributed by atoms with Gasteiger partial charge in [-0.25, -0.2) is 0 Å². The van der Waals surface area contributed by atoms with Crippen molar-refractivity contribution in [2.24, 2.45) is 5.92 Å². The smallest absolute Gasteiger partial charge is 0.108 e. The molecule has 0 bridgehead atoms. The maximum absolute atomic E-state index is 8.47. The Morgan fingerprint density at radius 3 is 2.45 bits per heavy atom. The van der Waals surface area contributed by atoms with Gasteiger partial charge in [-0.3, -0.25) is 0 Å². The van der Waals surface area contributed by atoms with Crippen LogP contribution in [-0.2, 0) is 0 Å². The van der Waals surface area contributed by atoms with Crippen molar-refractivity contribution in [3.63, 3.8) is 0 Å². The van der Waals surface area contributed by atoms with Gasteiger partial charge in [0.05, 0.1) is 0 Å². The lowest BCUT2D eigenvalue weighted by Crippen LogP contribution is -1.89. The zero-order chi connectivity index (χ0) is 8.27. The number of rotatable bonds is 1. The Balaban J connectivity index is 3.10. The van der Waals surface area contributed by atoms with E-state index in [4.69, 9.17) is 5.26 Å². The summed E-state index contributed by atoms with van der Waals surface area (Å²) in [6.45, 7) is 4.18. The Labute approximate surface area is 66.7 Å². The van der Waals surface area contributed by atoms with E-state index in [9.17, 15) is 0 Å². The van der Waals surface area contributed by atoms with Gasteiger partial charge in [0.2, 0.25) is 0 Å². The van der Waals surface area contributed by atoms with E-state index in [2.05, 4.69) is 25.3 Å². The fraction of sp³-hybridized carbons (Fsp3) is 0.300. The van der Waals surface area contributed by atoms with Gasteiger partial charge in [0.1, 0.15) is 11.6 Å². The van der Waals surface area contributed by atoms with Crippen LogP contribution in [0.1, 0.15) is 13.8 Å². The van der Waals surface area contributed by atoms with Gasteiger partial charge in [0.25, 0.3) is 0 Å². The number of nitriles is 1. The summed E-state index contributed by atoms with van der Waals surface area (Å²) in [5, 5.41) is 8.47. The van der Waals surface area contributed by atoms with Crippen molar-refractivity contribution in [1.82, 2.24) is 0 Å². The van der Waals surface area contributed by atoms with Gasteiger partial charge in [-0.1, -0.05) is 25.3 Å². The van der Waals surface area contributed by atoms with Crippen LogP contribution in [0.2, 0.25) is 0 Å². The van der Waals surface area contributed by atoms with E-state index >= 15 is 0 Å². The zero-order valence-corrected chi connectivity index (χ0v) is 6.68. The Kier molecular flexibility index (Phi) is 2.14. The summed E-state index contributed by atoms with van der Waals surface area (Å²) in [5.41, 5.74) is 7.37. The molecule has 0 radical (unpaired) electrons. The lowest BCUT2D eigenvalue weighted by atomic mass is 10.0. The molecule has 0 saturated carbocycles. The van der Waals surface area contributed by atoms with Crippen molar-refractivity contribution < 1.29 is 0 Å². The molecule has 1 heteroatoms. The minimum Gasteiger partial charge on any atom is -0.192 e. The molecule has 1 aliphatic carbocycles. The van der Waals surface area contributed by atoms with E-state index in [1.54, 1.807) is 6.08 Å². The third-order valence-electron chi connectivity index (χ3n) is 1.51. The quantitative estimate of drug-likeness (QED) is 0.517. The highest BCUT2D eigenvalue weighted by molar-refractivity contribution is 5.40. The van der Waals surface area contributed by atoms with Crippen molar-refractivity contribution >= 4 is 0 Å². The maximum Gasteiger partial charge on any atom is 0.108 e. The highest BCUT2D eigenvalue weighted by Gasteiger charge is 2.00. The van der Waals surface area contributed by atoms with E-state index in [-0.39, 0.29) is 0 Å². The zero-order valence-electron chi connectivity index (χ0n) is 6.68. The summed E-state index contributed by atoms with van der Waals surface area (Å²) >= 11 is 0. The van der Waals surface area contributed by atoms with Crippen molar-refractivity contribution in [1.29, 1.82) is 5.26 Å². The fourth-order valence-electron chi connectivity index (χ4n) is 0.798. The van der Waals surface area contributed by atoms with Crippen LogP contribution in [0.25, 0.3) is 0 Å². The standard InChI is InChI=1S/C10H9N/c1-8(2)10-5-3-9(7-11)4-6-10/h3,5,8H,1-2H3. The molecule has 0 aromatic heterocycles. The van der Waals surface area contributed by atoms with Crippen LogP contribution in [0.5, 0.6) is 0 Å². The van der Waals surface area contributed by atoms with Gasteiger partial charge < -0.3 is 0 Å². The molecule has 0 fully saturated rings. The molecular weight excluding hydrogens is 134 g/mol. The number of hydrogen-bond acceptors (Lipinski definition) is 1. The molecule has 0 spiro atoms. The summed E-state index contributed by atoms with van der Waals surface area (Å²) in [6.07, 6.45) is 3.69. The number of nitrogens with zero attached hydrogens (tertiary/aromatic N) is 1. The number of allylic oxidation sites excluding steroid dienone is 4. The maximum atomic E-state index is 8.47. The van der Waals surface area contributed by atoms with E-state index in [1.807, 2.05) is 12.1 Å². The molecule has 0 N–H and O–H groups in total. The van der Waals surface area contributed by atoms with Crippen molar-refractivity contribution in [2.45, 2.75) is 13.8 Å². The molecule has 1 nitrogen and oxygen atoms in total. The molecule has 0 saturated heterocycles. The molecule has 0 heterocycles.